The fourth-order valence-electron chi connectivity index (χ4n) is 2.73. The van der Waals surface area contributed by atoms with E-state index >= 15 is 0 Å². The molecule has 28 heavy (non-hydrogen) atoms. The Labute approximate surface area is 169 Å². The van der Waals surface area contributed by atoms with Crippen LogP contribution in [0.3, 0.4) is 0 Å². The fraction of sp³-hybridized carbons (Fsp3) is 0.130. The van der Waals surface area contributed by atoms with Crippen LogP contribution in [0.5, 0.6) is 5.75 Å². The molecule has 0 aliphatic heterocycles. The lowest BCUT2D eigenvalue weighted by Crippen LogP contribution is -2.31. The van der Waals surface area contributed by atoms with Crippen molar-refractivity contribution in [1.82, 2.24) is 0 Å². The third-order valence-electron chi connectivity index (χ3n) is 4.29. The quantitative estimate of drug-likeness (QED) is 0.579. The topological polar surface area (TPSA) is 55.4 Å². The van der Waals surface area contributed by atoms with Gasteiger partial charge in [-0.05, 0) is 43.7 Å². The van der Waals surface area contributed by atoms with Crippen LogP contribution in [-0.2, 0) is 4.79 Å². The van der Waals surface area contributed by atoms with Gasteiger partial charge in [0.05, 0.1) is 5.69 Å². The zero-order valence-corrected chi connectivity index (χ0v) is 16.4. The molecule has 3 rings (SSSR count). The van der Waals surface area contributed by atoms with Crippen LogP contribution in [-0.4, -0.2) is 17.8 Å². The number of halogens is 1. The molecule has 3 aromatic carbocycles. The van der Waals surface area contributed by atoms with Gasteiger partial charge in [0.25, 0.3) is 5.91 Å². The first-order valence-electron chi connectivity index (χ1n) is 8.88. The van der Waals surface area contributed by atoms with E-state index < -0.39 is 6.10 Å². The molecule has 5 heteroatoms. The summed E-state index contributed by atoms with van der Waals surface area (Å²) in [4.78, 5) is 25.5. The summed E-state index contributed by atoms with van der Waals surface area (Å²) in [7, 11) is 0. The zero-order valence-electron chi connectivity index (χ0n) is 15.6. The minimum absolute atomic E-state index is 0.217. The van der Waals surface area contributed by atoms with Crippen LogP contribution in [0.15, 0.2) is 72.8 Å². The average molecular weight is 394 g/mol. The van der Waals surface area contributed by atoms with E-state index in [4.69, 9.17) is 16.3 Å². The van der Waals surface area contributed by atoms with Crippen LogP contribution in [0.1, 0.15) is 28.4 Å². The minimum atomic E-state index is -0.739. The highest BCUT2D eigenvalue weighted by Gasteiger charge is 2.20. The monoisotopic (exact) mass is 393 g/mol. The Hall–Kier alpha value is -3.11. The van der Waals surface area contributed by atoms with Gasteiger partial charge in [0, 0.05) is 16.1 Å². The molecule has 0 unspecified atom stereocenters. The van der Waals surface area contributed by atoms with Crippen LogP contribution in [0.2, 0.25) is 5.02 Å². The maximum Gasteiger partial charge on any atom is 0.265 e. The Kier molecular flexibility index (Phi) is 6.12. The Morgan fingerprint density at radius 3 is 2.36 bits per heavy atom. The summed E-state index contributed by atoms with van der Waals surface area (Å²) >= 11 is 6.08. The highest BCUT2D eigenvalue weighted by atomic mass is 35.5. The fourth-order valence-corrected chi connectivity index (χ4v) is 2.90. The van der Waals surface area contributed by atoms with Gasteiger partial charge in [0.1, 0.15) is 5.75 Å². The molecule has 142 valence electrons. The smallest absolute Gasteiger partial charge is 0.265 e. The van der Waals surface area contributed by atoms with Crippen molar-refractivity contribution in [1.29, 1.82) is 0 Å². The summed E-state index contributed by atoms with van der Waals surface area (Å²) in [5.74, 6) is 0.0698. The van der Waals surface area contributed by atoms with E-state index in [9.17, 15) is 9.59 Å². The molecule has 0 saturated carbocycles. The molecule has 0 aliphatic rings. The lowest BCUT2D eigenvalue weighted by molar-refractivity contribution is -0.122. The highest BCUT2D eigenvalue weighted by Crippen LogP contribution is 2.24. The maximum absolute atomic E-state index is 12.9. The van der Waals surface area contributed by atoms with Gasteiger partial charge in [-0.25, -0.2) is 0 Å². The lowest BCUT2D eigenvalue weighted by Gasteiger charge is -2.17. The van der Waals surface area contributed by atoms with Gasteiger partial charge in [-0.2, -0.15) is 0 Å². The Morgan fingerprint density at radius 1 is 0.964 bits per heavy atom. The van der Waals surface area contributed by atoms with Gasteiger partial charge in [0.15, 0.2) is 11.9 Å². The Morgan fingerprint density at radius 2 is 1.64 bits per heavy atom. The first-order chi connectivity index (χ1) is 13.5. The van der Waals surface area contributed by atoms with Crippen molar-refractivity contribution in [2.75, 3.05) is 5.32 Å². The van der Waals surface area contributed by atoms with Crippen molar-refractivity contribution < 1.29 is 14.3 Å². The number of anilines is 1. The number of para-hydroxylation sites is 1. The Balaban J connectivity index is 1.81. The normalized spacial score (nSPS) is 11.5. The summed E-state index contributed by atoms with van der Waals surface area (Å²) < 4.78 is 5.76. The van der Waals surface area contributed by atoms with Gasteiger partial charge >= 0.3 is 0 Å². The molecule has 0 aliphatic carbocycles. The SMILES string of the molecule is Cc1ccccc1O[C@@H](C)C(=O)Nc1ccc(Cl)cc1C(=O)c1ccccc1. The van der Waals surface area contributed by atoms with Gasteiger partial charge in [0.2, 0.25) is 0 Å². The highest BCUT2D eigenvalue weighted by molar-refractivity contribution is 6.31. The summed E-state index contributed by atoms with van der Waals surface area (Å²) in [5.41, 5.74) is 2.18. The van der Waals surface area contributed by atoms with Gasteiger partial charge in [-0.3, -0.25) is 9.59 Å². The zero-order chi connectivity index (χ0) is 20.1. The van der Waals surface area contributed by atoms with Crippen LogP contribution >= 0.6 is 11.6 Å². The molecule has 0 saturated heterocycles. The largest absolute Gasteiger partial charge is 0.481 e. The number of hydrogen-bond donors (Lipinski definition) is 1. The van der Waals surface area contributed by atoms with Crippen LogP contribution in [0.4, 0.5) is 5.69 Å². The second-order valence-electron chi connectivity index (χ2n) is 6.40. The predicted octanol–water partition coefficient (Wildman–Crippen LogP) is 5.29. The number of ketones is 1. The summed E-state index contributed by atoms with van der Waals surface area (Å²) in [6, 6.07) is 21.1. The maximum atomic E-state index is 12.9. The summed E-state index contributed by atoms with van der Waals surface area (Å²) in [6.07, 6.45) is -0.739. The van der Waals surface area contributed by atoms with Crippen molar-refractivity contribution in [3.63, 3.8) is 0 Å². The number of hydrogen-bond acceptors (Lipinski definition) is 3. The number of nitrogens with one attached hydrogen (secondary N) is 1. The van der Waals surface area contributed by atoms with E-state index in [1.54, 1.807) is 49.4 Å². The molecule has 0 aromatic heterocycles. The second-order valence-corrected chi connectivity index (χ2v) is 6.84. The van der Waals surface area contributed by atoms with E-state index in [0.717, 1.165) is 5.56 Å². The molecular weight excluding hydrogens is 374 g/mol. The van der Waals surface area contributed by atoms with E-state index in [-0.39, 0.29) is 11.7 Å². The minimum Gasteiger partial charge on any atom is -0.481 e. The number of rotatable bonds is 6. The molecule has 3 aromatic rings. The molecule has 1 amide bonds. The van der Waals surface area contributed by atoms with Crippen molar-refractivity contribution in [3.8, 4) is 5.75 Å². The summed E-state index contributed by atoms with van der Waals surface area (Å²) in [5, 5.41) is 3.20. The van der Waals surface area contributed by atoms with E-state index in [2.05, 4.69) is 5.32 Å². The van der Waals surface area contributed by atoms with Crippen LogP contribution in [0.25, 0.3) is 0 Å². The average Bonchev–Trinajstić information content (AvgIpc) is 2.71. The molecule has 4 nitrogen and oxygen atoms in total. The van der Waals surface area contributed by atoms with Crippen molar-refractivity contribution in [2.45, 2.75) is 20.0 Å². The summed E-state index contributed by atoms with van der Waals surface area (Å²) in [6.45, 7) is 3.58. The number of ether oxygens (including phenoxy) is 1. The van der Waals surface area contributed by atoms with Crippen molar-refractivity contribution in [2.24, 2.45) is 0 Å². The van der Waals surface area contributed by atoms with Gasteiger partial charge < -0.3 is 10.1 Å². The number of benzene rings is 3. The predicted molar refractivity (Wildman–Crippen MR) is 111 cm³/mol. The molecule has 1 atom stereocenters. The first-order valence-corrected chi connectivity index (χ1v) is 9.26. The molecule has 0 heterocycles. The molecule has 0 bridgehead atoms. The molecule has 0 fully saturated rings. The van der Waals surface area contributed by atoms with Gasteiger partial charge in [-0.1, -0.05) is 60.1 Å². The number of carbonyl (C=O) groups excluding carboxylic acids is 2. The van der Waals surface area contributed by atoms with Crippen molar-refractivity contribution in [3.05, 3.63) is 94.5 Å². The lowest BCUT2D eigenvalue weighted by atomic mass is 10.0. The number of amides is 1. The molecular formula is C23H20ClNO3. The Bertz CT molecular complexity index is 1000. The third kappa shape index (κ3) is 4.59. The molecule has 0 spiro atoms. The molecule has 0 radical (unpaired) electrons. The van der Waals surface area contributed by atoms with Crippen molar-refractivity contribution >= 4 is 29.0 Å². The van der Waals surface area contributed by atoms with Crippen LogP contribution in [0, 0.1) is 6.92 Å². The second kappa shape index (κ2) is 8.72. The standard InChI is InChI=1S/C23H20ClNO3/c1-15-8-6-7-11-21(15)28-16(2)23(27)25-20-13-12-18(24)14-19(20)22(26)17-9-4-3-5-10-17/h3-14,16H,1-2H3,(H,25,27)/t16-/m0/s1. The van der Waals surface area contributed by atoms with E-state index in [1.807, 2.05) is 37.3 Å². The number of aryl methyl sites for hydroxylation is 1. The third-order valence-corrected chi connectivity index (χ3v) is 4.52. The van der Waals surface area contributed by atoms with Crippen LogP contribution < -0.4 is 10.1 Å². The van der Waals surface area contributed by atoms with Gasteiger partial charge in [-0.15, -0.1) is 0 Å². The number of carbonyl (C=O) groups is 2. The van der Waals surface area contributed by atoms with E-state index in [1.165, 1.54) is 0 Å². The molecule has 1 N–H and O–H groups in total. The van der Waals surface area contributed by atoms with E-state index in [0.29, 0.717) is 27.6 Å². The first kappa shape index (κ1) is 19.6.